The predicted octanol–water partition coefficient (Wildman–Crippen LogP) is -0.120. The summed E-state index contributed by atoms with van der Waals surface area (Å²) in [4.78, 5) is 25.7. The molecule has 110 valence electrons. The van der Waals surface area contributed by atoms with E-state index in [-0.39, 0.29) is 11.8 Å². The molecule has 1 aliphatic rings. The highest BCUT2D eigenvalue weighted by Gasteiger charge is 2.30. The monoisotopic (exact) mass is 272 g/mol. The summed E-state index contributed by atoms with van der Waals surface area (Å²) in [6.45, 7) is 8.25. The zero-order valence-corrected chi connectivity index (χ0v) is 12.0. The number of nitrogens with zero attached hydrogens (tertiary/aromatic N) is 1. The largest absolute Gasteiger partial charge is 0.468 e. The van der Waals surface area contributed by atoms with Gasteiger partial charge < -0.3 is 14.8 Å². The van der Waals surface area contributed by atoms with Gasteiger partial charge in [-0.1, -0.05) is 13.8 Å². The molecule has 1 rings (SSSR count). The number of amides is 1. The van der Waals surface area contributed by atoms with Gasteiger partial charge in [0.15, 0.2) is 0 Å². The lowest BCUT2D eigenvalue weighted by atomic mass is 9.95. The molecule has 6 nitrogen and oxygen atoms in total. The maximum absolute atomic E-state index is 12.0. The van der Waals surface area contributed by atoms with E-state index in [1.54, 1.807) is 0 Å². The molecule has 0 aromatic carbocycles. The van der Waals surface area contributed by atoms with Crippen molar-refractivity contribution >= 4 is 11.9 Å². The second-order valence-electron chi connectivity index (χ2n) is 4.99. The van der Waals surface area contributed by atoms with Gasteiger partial charge in [0.1, 0.15) is 5.92 Å². The van der Waals surface area contributed by atoms with Crippen LogP contribution in [0.2, 0.25) is 0 Å². The third kappa shape index (κ3) is 5.16. The average Bonchev–Trinajstić information content (AvgIpc) is 2.39. The minimum absolute atomic E-state index is 0.0733. The number of nitrogens with one attached hydrogen (secondary N) is 1. The molecule has 6 heteroatoms. The van der Waals surface area contributed by atoms with E-state index in [4.69, 9.17) is 4.74 Å². The Morgan fingerprint density at radius 3 is 2.47 bits per heavy atom. The Bertz CT molecular complexity index is 301. The smallest absolute Gasteiger partial charge is 0.318 e. The number of hydrogen-bond donors (Lipinski definition) is 1. The third-order valence-electron chi connectivity index (χ3n) is 3.24. The number of hydrogen-bond acceptors (Lipinski definition) is 5. The molecular weight excluding hydrogens is 248 g/mol. The molecule has 1 atom stereocenters. The molecule has 1 heterocycles. The number of carbonyl (C=O) groups excluding carboxylic acids is 2. The van der Waals surface area contributed by atoms with Crippen LogP contribution in [0.3, 0.4) is 0 Å². The Morgan fingerprint density at radius 2 is 1.95 bits per heavy atom. The van der Waals surface area contributed by atoms with Crippen molar-refractivity contribution in [1.29, 1.82) is 0 Å². The second-order valence-corrected chi connectivity index (χ2v) is 4.99. The molecule has 1 unspecified atom stereocenters. The normalized spacial score (nSPS) is 18.1. The van der Waals surface area contributed by atoms with Gasteiger partial charge in [-0.05, 0) is 5.92 Å². The Morgan fingerprint density at radius 1 is 1.32 bits per heavy atom. The van der Waals surface area contributed by atoms with Crippen LogP contribution in [-0.2, 0) is 19.1 Å². The number of carbonyl (C=O) groups is 2. The van der Waals surface area contributed by atoms with Gasteiger partial charge in [0.2, 0.25) is 5.91 Å². The maximum Gasteiger partial charge on any atom is 0.318 e. The molecule has 0 radical (unpaired) electrons. The number of ether oxygens (including phenoxy) is 2. The van der Waals surface area contributed by atoms with Crippen LogP contribution in [-0.4, -0.2) is 63.3 Å². The van der Waals surface area contributed by atoms with E-state index in [1.807, 2.05) is 13.8 Å². The number of morpholine rings is 1. The molecule has 1 fully saturated rings. The highest BCUT2D eigenvalue weighted by molar-refractivity contribution is 5.97. The molecule has 0 bridgehead atoms. The van der Waals surface area contributed by atoms with Gasteiger partial charge >= 0.3 is 5.97 Å². The average molecular weight is 272 g/mol. The van der Waals surface area contributed by atoms with Gasteiger partial charge in [0, 0.05) is 26.2 Å². The third-order valence-corrected chi connectivity index (χ3v) is 3.24. The maximum atomic E-state index is 12.0. The molecule has 0 aromatic heterocycles. The number of rotatable bonds is 6. The van der Waals surface area contributed by atoms with Crippen molar-refractivity contribution in [3.05, 3.63) is 0 Å². The van der Waals surface area contributed by atoms with E-state index in [1.165, 1.54) is 7.11 Å². The summed E-state index contributed by atoms with van der Waals surface area (Å²) in [5.74, 6) is -1.53. The lowest BCUT2D eigenvalue weighted by Gasteiger charge is -2.27. The van der Waals surface area contributed by atoms with Gasteiger partial charge in [-0.2, -0.15) is 0 Å². The zero-order chi connectivity index (χ0) is 14.3. The van der Waals surface area contributed by atoms with Gasteiger partial charge in [0.25, 0.3) is 0 Å². The van der Waals surface area contributed by atoms with E-state index in [0.29, 0.717) is 6.54 Å². The van der Waals surface area contributed by atoms with Crippen LogP contribution < -0.4 is 5.32 Å². The molecule has 19 heavy (non-hydrogen) atoms. The van der Waals surface area contributed by atoms with Gasteiger partial charge in [-0.25, -0.2) is 0 Å². The Balaban J connectivity index is 2.33. The molecular formula is C13H24N2O4. The topological polar surface area (TPSA) is 67.9 Å². The summed E-state index contributed by atoms with van der Waals surface area (Å²) in [5.41, 5.74) is 0. The Kier molecular flexibility index (Phi) is 6.80. The van der Waals surface area contributed by atoms with Crippen molar-refractivity contribution in [3.8, 4) is 0 Å². The lowest BCUT2D eigenvalue weighted by molar-refractivity contribution is -0.151. The quantitative estimate of drug-likeness (QED) is 0.539. The number of methoxy groups -OCH3 is 1. The van der Waals surface area contributed by atoms with Crippen molar-refractivity contribution in [3.63, 3.8) is 0 Å². The van der Waals surface area contributed by atoms with Crippen LogP contribution >= 0.6 is 0 Å². The van der Waals surface area contributed by atoms with Gasteiger partial charge in [0.05, 0.1) is 20.3 Å². The Labute approximate surface area is 114 Å². The van der Waals surface area contributed by atoms with E-state index in [9.17, 15) is 9.59 Å². The first-order valence-electron chi connectivity index (χ1n) is 6.72. The fourth-order valence-corrected chi connectivity index (χ4v) is 2.08. The molecule has 0 aliphatic carbocycles. The van der Waals surface area contributed by atoms with E-state index in [2.05, 4.69) is 15.0 Å². The molecule has 1 saturated heterocycles. The SMILES string of the molecule is COC(=O)C(C(=O)NCCN1CCOCC1)C(C)C. The fourth-order valence-electron chi connectivity index (χ4n) is 2.08. The first kappa shape index (κ1) is 15.9. The molecule has 1 N–H and O–H groups in total. The number of esters is 1. The van der Waals surface area contributed by atoms with Crippen molar-refractivity contribution in [2.24, 2.45) is 11.8 Å². The Hall–Kier alpha value is -1.14. The molecule has 1 aliphatic heterocycles. The van der Waals surface area contributed by atoms with E-state index < -0.39 is 11.9 Å². The summed E-state index contributed by atoms with van der Waals surface area (Å²) in [6, 6.07) is 0. The summed E-state index contributed by atoms with van der Waals surface area (Å²) < 4.78 is 9.92. The highest BCUT2D eigenvalue weighted by atomic mass is 16.5. The lowest BCUT2D eigenvalue weighted by Crippen LogP contribution is -2.44. The van der Waals surface area contributed by atoms with Gasteiger partial charge in [-0.3, -0.25) is 14.5 Å². The minimum atomic E-state index is -0.727. The van der Waals surface area contributed by atoms with E-state index >= 15 is 0 Å². The summed E-state index contributed by atoms with van der Waals surface area (Å²) in [7, 11) is 1.30. The first-order valence-corrected chi connectivity index (χ1v) is 6.72. The summed E-state index contributed by atoms with van der Waals surface area (Å²) >= 11 is 0. The summed E-state index contributed by atoms with van der Waals surface area (Å²) in [5, 5.41) is 2.80. The fraction of sp³-hybridized carbons (Fsp3) is 0.846. The van der Waals surface area contributed by atoms with Gasteiger partial charge in [-0.15, -0.1) is 0 Å². The predicted molar refractivity (Wildman–Crippen MR) is 70.6 cm³/mol. The van der Waals surface area contributed by atoms with Crippen LogP contribution in [0.5, 0.6) is 0 Å². The van der Waals surface area contributed by atoms with E-state index in [0.717, 1.165) is 32.8 Å². The van der Waals surface area contributed by atoms with Crippen molar-refractivity contribution in [1.82, 2.24) is 10.2 Å². The second kappa shape index (κ2) is 8.12. The molecule has 0 aromatic rings. The molecule has 1 amide bonds. The van der Waals surface area contributed by atoms with Crippen molar-refractivity contribution in [2.45, 2.75) is 13.8 Å². The van der Waals surface area contributed by atoms with Crippen LogP contribution in [0.4, 0.5) is 0 Å². The van der Waals surface area contributed by atoms with Crippen molar-refractivity contribution < 1.29 is 19.1 Å². The first-order chi connectivity index (χ1) is 9.06. The molecule has 0 spiro atoms. The van der Waals surface area contributed by atoms with Crippen LogP contribution in [0, 0.1) is 11.8 Å². The minimum Gasteiger partial charge on any atom is -0.468 e. The van der Waals surface area contributed by atoms with Crippen LogP contribution in [0.25, 0.3) is 0 Å². The van der Waals surface area contributed by atoms with Crippen LogP contribution in [0.1, 0.15) is 13.8 Å². The van der Waals surface area contributed by atoms with Crippen molar-refractivity contribution in [2.75, 3.05) is 46.5 Å². The standard InChI is InChI=1S/C13H24N2O4/c1-10(2)11(13(17)18-3)12(16)14-4-5-15-6-8-19-9-7-15/h10-11H,4-9H2,1-3H3,(H,14,16). The summed E-state index contributed by atoms with van der Waals surface area (Å²) in [6.07, 6.45) is 0. The highest BCUT2D eigenvalue weighted by Crippen LogP contribution is 2.12. The molecule has 0 saturated carbocycles. The van der Waals surface area contributed by atoms with Crippen LogP contribution in [0.15, 0.2) is 0 Å². The zero-order valence-electron chi connectivity index (χ0n) is 12.0.